The largest absolute Gasteiger partial charge is 0.332 e. The summed E-state index contributed by atoms with van der Waals surface area (Å²) in [6.45, 7) is 10.6. The van der Waals surface area contributed by atoms with Crippen LogP contribution in [0.2, 0.25) is 0 Å². The molecule has 0 atom stereocenters. The van der Waals surface area contributed by atoms with E-state index in [-0.39, 0.29) is 11.4 Å². The normalized spacial score (nSPS) is 11.2. The predicted molar refractivity (Wildman–Crippen MR) is 92.5 cm³/mol. The smallest absolute Gasteiger partial charge is 0.319 e. The molecule has 5 heteroatoms. The third kappa shape index (κ3) is 4.52. The minimum atomic E-state index is -0.243. The van der Waals surface area contributed by atoms with Gasteiger partial charge < -0.3 is 10.6 Å². The number of aryl methyl sites for hydroxylation is 2. The maximum Gasteiger partial charge on any atom is 0.319 e. The number of benzene rings is 1. The van der Waals surface area contributed by atoms with Gasteiger partial charge in [-0.2, -0.15) is 0 Å². The lowest BCUT2D eigenvalue weighted by molar-refractivity contribution is 0.251. The zero-order valence-electron chi connectivity index (χ0n) is 14.4. The summed E-state index contributed by atoms with van der Waals surface area (Å²) in [4.78, 5) is 20.6. The van der Waals surface area contributed by atoms with E-state index in [0.717, 1.165) is 28.2 Å². The van der Waals surface area contributed by atoms with E-state index < -0.39 is 0 Å². The first-order valence-electron chi connectivity index (χ1n) is 7.70. The van der Waals surface area contributed by atoms with Crippen molar-refractivity contribution in [3.05, 3.63) is 53.1 Å². The van der Waals surface area contributed by atoms with Crippen LogP contribution >= 0.6 is 0 Å². The average molecular weight is 312 g/mol. The Morgan fingerprint density at radius 1 is 1.13 bits per heavy atom. The van der Waals surface area contributed by atoms with E-state index in [1.54, 1.807) is 12.4 Å². The van der Waals surface area contributed by atoms with E-state index in [2.05, 4.69) is 41.4 Å². The van der Waals surface area contributed by atoms with Gasteiger partial charge in [0, 0.05) is 11.9 Å². The molecule has 2 aromatic rings. The molecular formula is C18H24N4O. The highest BCUT2D eigenvalue weighted by molar-refractivity contribution is 5.91. The molecule has 0 fully saturated rings. The van der Waals surface area contributed by atoms with Crippen LogP contribution in [0.25, 0.3) is 0 Å². The Hall–Kier alpha value is -2.43. The second kappa shape index (κ2) is 6.77. The van der Waals surface area contributed by atoms with Crippen LogP contribution in [0.1, 0.15) is 43.3 Å². The summed E-state index contributed by atoms with van der Waals surface area (Å²) in [5, 5.41) is 5.79. The topological polar surface area (TPSA) is 66.9 Å². The van der Waals surface area contributed by atoms with Gasteiger partial charge in [0.05, 0.1) is 24.1 Å². The number of anilines is 1. The molecule has 1 heterocycles. The minimum Gasteiger partial charge on any atom is -0.332 e. The Bertz CT molecular complexity index is 687. The molecule has 0 aliphatic carbocycles. The Morgan fingerprint density at radius 3 is 2.48 bits per heavy atom. The molecule has 0 saturated heterocycles. The van der Waals surface area contributed by atoms with Crippen LogP contribution in [0.4, 0.5) is 10.5 Å². The SMILES string of the molecule is Cc1cnc(CNC(=O)Nc2c(C)cccc2C(C)(C)C)cn1. The molecule has 1 aromatic heterocycles. The maximum absolute atomic E-state index is 12.2. The van der Waals surface area contributed by atoms with E-state index in [9.17, 15) is 4.79 Å². The number of nitrogens with one attached hydrogen (secondary N) is 2. The zero-order valence-corrected chi connectivity index (χ0v) is 14.4. The van der Waals surface area contributed by atoms with E-state index in [1.807, 2.05) is 32.0 Å². The van der Waals surface area contributed by atoms with Gasteiger partial charge in [-0.25, -0.2) is 4.79 Å². The fourth-order valence-corrected chi connectivity index (χ4v) is 2.30. The number of nitrogens with zero attached hydrogens (tertiary/aromatic N) is 2. The lowest BCUT2D eigenvalue weighted by Crippen LogP contribution is -2.30. The summed E-state index contributed by atoms with van der Waals surface area (Å²) in [6, 6.07) is 5.82. The first kappa shape index (κ1) is 16.9. The third-order valence-electron chi connectivity index (χ3n) is 3.58. The van der Waals surface area contributed by atoms with Crippen LogP contribution in [-0.2, 0) is 12.0 Å². The van der Waals surface area contributed by atoms with Crippen LogP contribution in [0.3, 0.4) is 0 Å². The predicted octanol–water partition coefficient (Wildman–Crippen LogP) is 3.71. The van der Waals surface area contributed by atoms with E-state index in [0.29, 0.717) is 6.54 Å². The Morgan fingerprint density at radius 2 is 1.87 bits per heavy atom. The van der Waals surface area contributed by atoms with Gasteiger partial charge in [-0.05, 0) is 30.4 Å². The van der Waals surface area contributed by atoms with Crippen LogP contribution in [-0.4, -0.2) is 16.0 Å². The second-order valence-corrected chi connectivity index (χ2v) is 6.70. The van der Waals surface area contributed by atoms with Gasteiger partial charge in [0.25, 0.3) is 0 Å². The summed E-state index contributed by atoms with van der Waals surface area (Å²) in [5.41, 5.74) is 4.56. The van der Waals surface area contributed by atoms with Crippen molar-refractivity contribution in [3.63, 3.8) is 0 Å². The highest BCUT2D eigenvalue weighted by Gasteiger charge is 2.20. The van der Waals surface area contributed by atoms with Crippen molar-refractivity contribution in [2.75, 3.05) is 5.32 Å². The summed E-state index contributed by atoms with van der Waals surface area (Å²) < 4.78 is 0. The van der Waals surface area contributed by atoms with Crippen LogP contribution in [0.5, 0.6) is 0 Å². The number of para-hydroxylation sites is 1. The molecule has 0 aliphatic rings. The maximum atomic E-state index is 12.2. The number of hydrogen-bond donors (Lipinski definition) is 2. The number of carbonyl (C=O) groups is 1. The molecular weight excluding hydrogens is 288 g/mol. The standard InChI is InChI=1S/C18H24N4O/c1-12-7-6-8-15(18(3,4)5)16(12)22-17(23)21-11-14-10-19-13(2)9-20-14/h6-10H,11H2,1-5H3,(H2,21,22,23). The number of rotatable bonds is 3. The molecule has 1 aromatic carbocycles. The summed E-state index contributed by atoms with van der Waals surface area (Å²) in [7, 11) is 0. The highest BCUT2D eigenvalue weighted by atomic mass is 16.2. The van der Waals surface area contributed by atoms with Crippen LogP contribution in [0, 0.1) is 13.8 Å². The summed E-state index contributed by atoms with van der Waals surface area (Å²) >= 11 is 0. The lowest BCUT2D eigenvalue weighted by Gasteiger charge is -2.24. The lowest BCUT2D eigenvalue weighted by atomic mass is 9.84. The number of hydrogen-bond acceptors (Lipinski definition) is 3. The van der Waals surface area contributed by atoms with Crippen LogP contribution < -0.4 is 10.6 Å². The number of carbonyl (C=O) groups excluding carboxylic acids is 1. The Balaban J connectivity index is 2.07. The van der Waals surface area contributed by atoms with Crippen LogP contribution in [0.15, 0.2) is 30.6 Å². The molecule has 2 amide bonds. The first-order chi connectivity index (χ1) is 10.8. The zero-order chi connectivity index (χ0) is 17.0. The van der Waals surface area contributed by atoms with Gasteiger partial charge in [0.15, 0.2) is 0 Å². The highest BCUT2D eigenvalue weighted by Crippen LogP contribution is 2.31. The third-order valence-corrected chi connectivity index (χ3v) is 3.58. The Kier molecular flexibility index (Phi) is 4.98. The fourth-order valence-electron chi connectivity index (χ4n) is 2.30. The van der Waals surface area contributed by atoms with Gasteiger partial charge in [-0.1, -0.05) is 39.0 Å². The van der Waals surface area contributed by atoms with Gasteiger partial charge in [0.1, 0.15) is 0 Å². The molecule has 0 radical (unpaired) electrons. The number of urea groups is 1. The van der Waals surface area contributed by atoms with E-state index in [4.69, 9.17) is 0 Å². The molecule has 122 valence electrons. The number of amides is 2. The van der Waals surface area contributed by atoms with Gasteiger partial charge in [0.2, 0.25) is 0 Å². The van der Waals surface area contributed by atoms with Crippen molar-refractivity contribution >= 4 is 11.7 Å². The molecule has 5 nitrogen and oxygen atoms in total. The number of aromatic nitrogens is 2. The first-order valence-corrected chi connectivity index (χ1v) is 7.70. The van der Waals surface area contributed by atoms with Crippen molar-refractivity contribution in [1.29, 1.82) is 0 Å². The molecule has 0 aliphatic heterocycles. The fraction of sp³-hybridized carbons (Fsp3) is 0.389. The minimum absolute atomic E-state index is 0.0446. The van der Waals surface area contributed by atoms with Gasteiger partial charge in [-0.3, -0.25) is 9.97 Å². The summed E-state index contributed by atoms with van der Waals surface area (Å²) in [6.07, 6.45) is 3.36. The monoisotopic (exact) mass is 312 g/mol. The second-order valence-electron chi connectivity index (χ2n) is 6.70. The van der Waals surface area contributed by atoms with Crippen molar-refractivity contribution in [2.24, 2.45) is 0 Å². The van der Waals surface area contributed by atoms with Crippen molar-refractivity contribution in [3.8, 4) is 0 Å². The Labute approximate surface area is 137 Å². The molecule has 2 rings (SSSR count). The van der Waals surface area contributed by atoms with Gasteiger partial charge in [-0.15, -0.1) is 0 Å². The molecule has 0 unspecified atom stereocenters. The van der Waals surface area contributed by atoms with Crippen molar-refractivity contribution < 1.29 is 4.79 Å². The molecule has 0 saturated carbocycles. The van der Waals surface area contributed by atoms with E-state index >= 15 is 0 Å². The quantitative estimate of drug-likeness (QED) is 0.908. The van der Waals surface area contributed by atoms with Crippen molar-refractivity contribution in [1.82, 2.24) is 15.3 Å². The molecule has 0 bridgehead atoms. The van der Waals surface area contributed by atoms with Gasteiger partial charge >= 0.3 is 6.03 Å². The van der Waals surface area contributed by atoms with Crippen molar-refractivity contribution in [2.45, 2.75) is 46.6 Å². The molecule has 2 N–H and O–H groups in total. The van der Waals surface area contributed by atoms with E-state index in [1.165, 1.54) is 0 Å². The summed E-state index contributed by atoms with van der Waals surface area (Å²) in [5.74, 6) is 0. The molecule has 23 heavy (non-hydrogen) atoms. The molecule has 0 spiro atoms. The average Bonchev–Trinajstić information content (AvgIpc) is 2.47.